The first kappa shape index (κ1) is 16.7. The van der Waals surface area contributed by atoms with Crippen molar-refractivity contribution >= 4 is 29.0 Å². The van der Waals surface area contributed by atoms with Crippen LogP contribution in [0.3, 0.4) is 0 Å². The van der Waals surface area contributed by atoms with E-state index < -0.39 is 6.04 Å². The van der Waals surface area contributed by atoms with E-state index in [1.165, 1.54) is 11.3 Å². The Hall–Kier alpha value is -1.63. The molecule has 1 heterocycles. The summed E-state index contributed by atoms with van der Waals surface area (Å²) in [6, 6.07) is 6.06. The van der Waals surface area contributed by atoms with E-state index in [2.05, 4.69) is 15.6 Å². The normalized spacial score (nSPS) is 13.4. The fraction of sp³-hybridized carbons (Fsp3) is 0.333. The standard InChI is InChI=1S/C15H18ClN3O2S/c1-2-12(14-17-7-8-22-14)18-15(21)19-13(9-20)10-3-5-11(16)6-4-10/h3-8,12-13,20H,2,9H2,1H3,(H2,18,19,21). The number of aliphatic hydroxyl groups excluding tert-OH is 1. The summed E-state index contributed by atoms with van der Waals surface area (Å²) in [6.07, 6.45) is 2.46. The molecule has 0 spiro atoms. The van der Waals surface area contributed by atoms with Gasteiger partial charge in [-0.05, 0) is 24.1 Å². The molecule has 2 atom stereocenters. The highest BCUT2D eigenvalue weighted by Crippen LogP contribution is 2.19. The second kappa shape index (κ2) is 8.12. The number of halogens is 1. The number of carbonyl (C=O) groups excluding carboxylic acids is 1. The number of carbonyl (C=O) groups is 1. The van der Waals surface area contributed by atoms with E-state index >= 15 is 0 Å². The zero-order chi connectivity index (χ0) is 15.9. The van der Waals surface area contributed by atoms with Crippen LogP contribution in [-0.2, 0) is 0 Å². The zero-order valence-corrected chi connectivity index (χ0v) is 13.7. The second-order valence-electron chi connectivity index (χ2n) is 4.74. The molecule has 0 bridgehead atoms. The van der Waals surface area contributed by atoms with Gasteiger partial charge in [-0.25, -0.2) is 9.78 Å². The third-order valence-corrected chi connectivity index (χ3v) is 4.36. The number of amides is 2. The zero-order valence-electron chi connectivity index (χ0n) is 12.1. The fourth-order valence-corrected chi connectivity index (χ4v) is 2.93. The van der Waals surface area contributed by atoms with Crippen LogP contribution >= 0.6 is 22.9 Å². The van der Waals surface area contributed by atoms with Gasteiger partial charge in [0, 0.05) is 16.6 Å². The van der Waals surface area contributed by atoms with E-state index in [0.29, 0.717) is 5.02 Å². The van der Waals surface area contributed by atoms with Gasteiger partial charge in [0.2, 0.25) is 0 Å². The molecule has 7 heteroatoms. The number of urea groups is 1. The van der Waals surface area contributed by atoms with Crippen LogP contribution in [0.15, 0.2) is 35.8 Å². The first-order valence-electron chi connectivity index (χ1n) is 6.96. The highest BCUT2D eigenvalue weighted by Gasteiger charge is 2.18. The summed E-state index contributed by atoms with van der Waals surface area (Å²) in [6.45, 7) is 1.79. The molecule has 2 amide bonds. The molecule has 0 radical (unpaired) electrons. The topological polar surface area (TPSA) is 74.2 Å². The summed E-state index contributed by atoms with van der Waals surface area (Å²) in [5.74, 6) is 0. The summed E-state index contributed by atoms with van der Waals surface area (Å²) in [5.41, 5.74) is 0.796. The minimum atomic E-state index is -0.480. The molecule has 2 aromatic rings. The van der Waals surface area contributed by atoms with Crippen molar-refractivity contribution < 1.29 is 9.90 Å². The Bertz CT molecular complexity index is 589. The van der Waals surface area contributed by atoms with Crippen LogP contribution in [0.25, 0.3) is 0 Å². The number of rotatable bonds is 6. The Kier molecular flexibility index (Phi) is 6.18. The van der Waals surface area contributed by atoms with Crippen molar-refractivity contribution in [3.63, 3.8) is 0 Å². The number of thiazole rings is 1. The van der Waals surface area contributed by atoms with Crippen LogP contribution in [-0.4, -0.2) is 22.7 Å². The van der Waals surface area contributed by atoms with Crippen LogP contribution in [0.1, 0.15) is 36.0 Å². The van der Waals surface area contributed by atoms with Crippen LogP contribution in [0.4, 0.5) is 4.79 Å². The van der Waals surface area contributed by atoms with Crippen molar-refractivity contribution in [2.75, 3.05) is 6.61 Å². The Morgan fingerprint density at radius 1 is 1.32 bits per heavy atom. The minimum Gasteiger partial charge on any atom is -0.394 e. The summed E-state index contributed by atoms with van der Waals surface area (Å²) >= 11 is 7.34. The average Bonchev–Trinajstić information content (AvgIpc) is 3.05. The third-order valence-electron chi connectivity index (χ3n) is 3.22. The molecule has 1 aromatic carbocycles. The molecule has 0 aliphatic heterocycles. The van der Waals surface area contributed by atoms with Crippen molar-refractivity contribution in [2.45, 2.75) is 25.4 Å². The number of hydrogen-bond acceptors (Lipinski definition) is 4. The molecular weight excluding hydrogens is 322 g/mol. The van der Waals surface area contributed by atoms with Crippen LogP contribution in [0.2, 0.25) is 5.02 Å². The SMILES string of the molecule is CCC(NC(=O)NC(CO)c1ccc(Cl)cc1)c1nccs1. The van der Waals surface area contributed by atoms with Crippen LogP contribution in [0.5, 0.6) is 0 Å². The molecule has 3 N–H and O–H groups in total. The monoisotopic (exact) mass is 339 g/mol. The highest BCUT2D eigenvalue weighted by molar-refractivity contribution is 7.09. The van der Waals surface area contributed by atoms with Gasteiger partial charge in [-0.3, -0.25) is 0 Å². The molecule has 0 aliphatic rings. The predicted octanol–water partition coefficient (Wildman–Crippen LogP) is 3.28. The predicted molar refractivity (Wildman–Crippen MR) is 88.1 cm³/mol. The van der Waals surface area contributed by atoms with E-state index in [-0.39, 0.29) is 18.7 Å². The first-order chi connectivity index (χ1) is 10.6. The van der Waals surface area contributed by atoms with Crippen LogP contribution < -0.4 is 10.6 Å². The number of nitrogens with one attached hydrogen (secondary N) is 2. The lowest BCUT2D eigenvalue weighted by atomic mass is 10.1. The van der Waals surface area contributed by atoms with Gasteiger partial charge in [0.25, 0.3) is 0 Å². The smallest absolute Gasteiger partial charge is 0.315 e. The quantitative estimate of drug-likeness (QED) is 0.756. The number of nitrogens with zero attached hydrogens (tertiary/aromatic N) is 1. The molecule has 0 saturated heterocycles. The molecule has 5 nitrogen and oxygen atoms in total. The molecule has 0 saturated carbocycles. The lowest BCUT2D eigenvalue weighted by Crippen LogP contribution is -2.40. The van der Waals surface area contributed by atoms with Crippen molar-refractivity contribution in [2.24, 2.45) is 0 Å². The largest absolute Gasteiger partial charge is 0.394 e. The van der Waals surface area contributed by atoms with Crippen molar-refractivity contribution in [3.05, 3.63) is 51.4 Å². The highest BCUT2D eigenvalue weighted by atomic mass is 35.5. The maximum absolute atomic E-state index is 12.1. The Morgan fingerprint density at radius 3 is 2.55 bits per heavy atom. The van der Waals surface area contributed by atoms with E-state index in [9.17, 15) is 9.90 Å². The van der Waals surface area contributed by atoms with Gasteiger partial charge in [0.15, 0.2) is 0 Å². The van der Waals surface area contributed by atoms with Gasteiger partial charge in [-0.15, -0.1) is 11.3 Å². The summed E-state index contributed by atoms with van der Waals surface area (Å²) in [5, 5.41) is 18.5. The summed E-state index contributed by atoms with van der Waals surface area (Å²) < 4.78 is 0. The Morgan fingerprint density at radius 2 is 2.00 bits per heavy atom. The van der Waals surface area contributed by atoms with E-state index in [1.54, 1.807) is 30.5 Å². The summed E-state index contributed by atoms with van der Waals surface area (Å²) in [4.78, 5) is 16.4. The van der Waals surface area contributed by atoms with Crippen molar-refractivity contribution in [1.82, 2.24) is 15.6 Å². The molecule has 1 aromatic heterocycles. The van der Waals surface area contributed by atoms with Gasteiger partial charge < -0.3 is 15.7 Å². The van der Waals surface area contributed by atoms with Crippen molar-refractivity contribution in [1.29, 1.82) is 0 Å². The van der Waals surface area contributed by atoms with E-state index in [1.807, 2.05) is 12.3 Å². The van der Waals surface area contributed by atoms with E-state index in [0.717, 1.165) is 17.0 Å². The molecule has 2 rings (SSSR count). The van der Waals surface area contributed by atoms with Crippen LogP contribution in [0, 0.1) is 0 Å². The first-order valence-corrected chi connectivity index (χ1v) is 8.22. The van der Waals surface area contributed by atoms with Gasteiger partial charge in [0.1, 0.15) is 5.01 Å². The Balaban J connectivity index is 1.98. The lowest BCUT2D eigenvalue weighted by molar-refractivity contribution is 0.214. The maximum Gasteiger partial charge on any atom is 0.315 e. The van der Waals surface area contributed by atoms with Gasteiger partial charge in [0.05, 0.1) is 18.7 Å². The van der Waals surface area contributed by atoms with Gasteiger partial charge in [-0.1, -0.05) is 30.7 Å². The molecule has 2 unspecified atom stereocenters. The lowest BCUT2D eigenvalue weighted by Gasteiger charge is -2.20. The molecule has 118 valence electrons. The fourth-order valence-electron chi connectivity index (χ4n) is 2.03. The second-order valence-corrected chi connectivity index (χ2v) is 6.10. The Labute approximate surface area is 138 Å². The number of benzene rings is 1. The molecule has 0 aliphatic carbocycles. The number of hydrogen-bond donors (Lipinski definition) is 3. The maximum atomic E-state index is 12.1. The molecule has 0 fully saturated rings. The molecular formula is C15H18ClN3O2S. The van der Waals surface area contributed by atoms with E-state index in [4.69, 9.17) is 11.6 Å². The average molecular weight is 340 g/mol. The number of aromatic nitrogens is 1. The third kappa shape index (κ3) is 4.43. The summed E-state index contributed by atoms with van der Waals surface area (Å²) in [7, 11) is 0. The van der Waals surface area contributed by atoms with Gasteiger partial charge in [-0.2, -0.15) is 0 Å². The van der Waals surface area contributed by atoms with Crippen molar-refractivity contribution in [3.8, 4) is 0 Å². The molecule has 22 heavy (non-hydrogen) atoms. The number of aliphatic hydroxyl groups is 1. The van der Waals surface area contributed by atoms with Gasteiger partial charge >= 0.3 is 6.03 Å². The minimum absolute atomic E-state index is 0.135.